The van der Waals surface area contributed by atoms with Crippen LogP contribution in [0.1, 0.15) is 12.8 Å². The molecule has 2 N–H and O–H groups in total. The molecule has 0 radical (unpaired) electrons. The van der Waals surface area contributed by atoms with E-state index in [4.69, 9.17) is 5.11 Å². The molecule has 2 rings (SSSR count). The zero-order valence-electron chi connectivity index (χ0n) is 9.70. The molecular weight excluding hydrogens is 236 g/mol. The number of carboxylic acid groups (broad SMARTS) is 1. The van der Waals surface area contributed by atoms with Gasteiger partial charge in [-0.1, -0.05) is 18.2 Å². The number of rotatable bonds is 2. The van der Waals surface area contributed by atoms with E-state index in [-0.39, 0.29) is 6.03 Å². The Labute approximate surface area is 104 Å². The molecule has 1 saturated heterocycles. The standard InChI is InChI=1S/C12H14N2O4/c15-11(13-9-5-2-1-3-6-9)14-8-4-7-10(14)18-12(16)17/h1-3,5-6,10H,4,7-8H2,(H,13,15)(H,16,17). The van der Waals surface area contributed by atoms with Gasteiger partial charge < -0.3 is 15.2 Å². The minimum Gasteiger partial charge on any atom is -0.450 e. The summed E-state index contributed by atoms with van der Waals surface area (Å²) in [6.45, 7) is 0.497. The normalized spacial score (nSPS) is 18.4. The maximum atomic E-state index is 11.9. The molecule has 0 aliphatic carbocycles. The maximum absolute atomic E-state index is 11.9. The van der Waals surface area contributed by atoms with Crippen LogP contribution in [0.4, 0.5) is 15.3 Å². The molecule has 1 aliphatic heterocycles. The number of likely N-dealkylation sites (tertiary alicyclic amines) is 1. The summed E-state index contributed by atoms with van der Waals surface area (Å²) in [5.74, 6) is 0. The van der Waals surface area contributed by atoms with E-state index in [1.807, 2.05) is 18.2 Å². The lowest BCUT2D eigenvalue weighted by Crippen LogP contribution is -2.40. The fourth-order valence-electron chi connectivity index (χ4n) is 1.92. The van der Waals surface area contributed by atoms with E-state index in [0.29, 0.717) is 18.7 Å². The van der Waals surface area contributed by atoms with Crippen molar-refractivity contribution >= 4 is 17.9 Å². The SMILES string of the molecule is O=C(O)OC1CCCN1C(=O)Nc1ccccc1. The van der Waals surface area contributed by atoms with Gasteiger partial charge in [0.15, 0.2) is 6.23 Å². The Hall–Kier alpha value is -2.24. The molecule has 96 valence electrons. The van der Waals surface area contributed by atoms with Crippen LogP contribution >= 0.6 is 0 Å². The zero-order valence-corrected chi connectivity index (χ0v) is 9.70. The summed E-state index contributed by atoms with van der Waals surface area (Å²) in [5.41, 5.74) is 0.670. The third-order valence-corrected chi connectivity index (χ3v) is 2.72. The van der Waals surface area contributed by atoms with Crippen molar-refractivity contribution in [3.63, 3.8) is 0 Å². The van der Waals surface area contributed by atoms with Gasteiger partial charge in [-0.15, -0.1) is 0 Å². The monoisotopic (exact) mass is 250 g/mol. The van der Waals surface area contributed by atoms with Gasteiger partial charge in [-0.25, -0.2) is 9.59 Å². The third kappa shape index (κ3) is 2.91. The molecule has 1 atom stereocenters. The second-order valence-corrected chi connectivity index (χ2v) is 3.97. The summed E-state index contributed by atoms with van der Waals surface area (Å²) in [7, 11) is 0. The van der Waals surface area contributed by atoms with Gasteiger partial charge in [0.1, 0.15) is 0 Å². The summed E-state index contributed by atoms with van der Waals surface area (Å²) in [6.07, 6.45) is -0.778. The Kier molecular flexibility index (Phi) is 3.66. The fraction of sp³-hybridized carbons (Fsp3) is 0.333. The Morgan fingerprint density at radius 3 is 2.72 bits per heavy atom. The van der Waals surface area contributed by atoms with Crippen molar-refractivity contribution in [3.05, 3.63) is 30.3 Å². The lowest BCUT2D eigenvalue weighted by atomic mass is 10.3. The quantitative estimate of drug-likeness (QED) is 0.789. The first-order valence-electron chi connectivity index (χ1n) is 5.69. The molecule has 1 heterocycles. The molecule has 1 aromatic rings. The molecule has 1 aliphatic rings. The zero-order chi connectivity index (χ0) is 13.0. The van der Waals surface area contributed by atoms with Crippen molar-refractivity contribution in [1.29, 1.82) is 0 Å². The highest BCUT2D eigenvalue weighted by molar-refractivity contribution is 5.89. The van der Waals surface area contributed by atoms with E-state index in [1.54, 1.807) is 12.1 Å². The molecule has 0 bridgehead atoms. The van der Waals surface area contributed by atoms with Crippen molar-refractivity contribution in [2.45, 2.75) is 19.1 Å². The highest BCUT2D eigenvalue weighted by atomic mass is 16.7. The average Bonchev–Trinajstić information content (AvgIpc) is 2.77. The average molecular weight is 250 g/mol. The largest absolute Gasteiger partial charge is 0.507 e. The van der Waals surface area contributed by atoms with E-state index in [9.17, 15) is 9.59 Å². The van der Waals surface area contributed by atoms with Crippen LogP contribution in [0.3, 0.4) is 0 Å². The van der Waals surface area contributed by atoms with Gasteiger partial charge in [-0.2, -0.15) is 0 Å². The number of benzene rings is 1. The predicted molar refractivity (Wildman–Crippen MR) is 64.3 cm³/mol. The van der Waals surface area contributed by atoms with Gasteiger partial charge in [0.25, 0.3) is 0 Å². The molecule has 1 fully saturated rings. The van der Waals surface area contributed by atoms with E-state index in [1.165, 1.54) is 4.90 Å². The fourth-order valence-corrected chi connectivity index (χ4v) is 1.92. The molecule has 0 aromatic heterocycles. The lowest BCUT2D eigenvalue weighted by Gasteiger charge is -2.23. The summed E-state index contributed by atoms with van der Waals surface area (Å²) in [5, 5.41) is 11.3. The van der Waals surface area contributed by atoms with Gasteiger partial charge in [0, 0.05) is 18.7 Å². The number of para-hydroxylation sites is 1. The lowest BCUT2D eigenvalue weighted by molar-refractivity contribution is 0.00506. The molecule has 6 nitrogen and oxygen atoms in total. The molecule has 18 heavy (non-hydrogen) atoms. The number of carbonyl (C=O) groups excluding carboxylic acids is 1. The van der Waals surface area contributed by atoms with Crippen LogP contribution in [0.2, 0.25) is 0 Å². The van der Waals surface area contributed by atoms with Crippen molar-refractivity contribution < 1.29 is 19.4 Å². The van der Waals surface area contributed by atoms with Crippen LogP contribution in [0.25, 0.3) is 0 Å². The van der Waals surface area contributed by atoms with Crippen LogP contribution in [0.15, 0.2) is 30.3 Å². The number of hydrogen-bond donors (Lipinski definition) is 2. The van der Waals surface area contributed by atoms with E-state index < -0.39 is 12.4 Å². The summed E-state index contributed by atoms with van der Waals surface area (Å²) in [6, 6.07) is 8.66. The first-order valence-corrected chi connectivity index (χ1v) is 5.69. The number of ether oxygens (including phenoxy) is 1. The highest BCUT2D eigenvalue weighted by Gasteiger charge is 2.31. The first-order chi connectivity index (χ1) is 8.66. The van der Waals surface area contributed by atoms with Crippen molar-refractivity contribution in [2.75, 3.05) is 11.9 Å². The van der Waals surface area contributed by atoms with Gasteiger partial charge in [0.05, 0.1) is 0 Å². The summed E-state index contributed by atoms with van der Waals surface area (Å²) < 4.78 is 4.66. The van der Waals surface area contributed by atoms with Gasteiger partial charge in [-0.3, -0.25) is 4.90 Å². The Balaban J connectivity index is 1.98. The summed E-state index contributed by atoms with van der Waals surface area (Å²) >= 11 is 0. The van der Waals surface area contributed by atoms with Gasteiger partial charge in [-0.05, 0) is 18.6 Å². The number of hydrogen-bond acceptors (Lipinski definition) is 3. The molecule has 6 heteroatoms. The Morgan fingerprint density at radius 2 is 2.06 bits per heavy atom. The predicted octanol–water partition coefficient (Wildman–Crippen LogP) is 2.33. The molecule has 1 aromatic carbocycles. The van der Waals surface area contributed by atoms with E-state index >= 15 is 0 Å². The van der Waals surface area contributed by atoms with Gasteiger partial charge in [0.2, 0.25) is 0 Å². The number of amides is 2. The number of anilines is 1. The molecule has 2 amide bonds. The second-order valence-electron chi connectivity index (χ2n) is 3.97. The maximum Gasteiger partial charge on any atom is 0.507 e. The number of nitrogens with zero attached hydrogens (tertiary/aromatic N) is 1. The van der Waals surface area contributed by atoms with Crippen LogP contribution in [0, 0.1) is 0 Å². The van der Waals surface area contributed by atoms with E-state index in [0.717, 1.165) is 6.42 Å². The minimum absolute atomic E-state index is 0.343. The topological polar surface area (TPSA) is 78.9 Å². The third-order valence-electron chi connectivity index (χ3n) is 2.72. The minimum atomic E-state index is -1.36. The molecule has 0 saturated carbocycles. The number of nitrogens with one attached hydrogen (secondary N) is 1. The van der Waals surface area contributed by atoms with Crippen LogP contribution < -0.4 is 5.32 Å². The van der Waals surface area contributed by atoms with Crippen LogP contribution in [-0.2, 0) is 4.74 Å². The van der Waals surface area contributed by atoms with Gasteiger partial charge >= 0.3 is 12.2 Å². The smallest absolute Gasteiger partial charge is 0.450 e. The number of urea groups is 1. The van der Waals surface area contributed by atoms with Crippen LogP contribution in [-0.4, -0.2) is 35.0 Å². The Morgan fingerprint density at radius 1 is 1.33 bits per heavy atom. The van der Waals surface area contributed by atoms with Crippen LogP contribution in [0.5, 0.6) is 0 Å². The highest BCUT2D eigenvalue weighted by Crippen LogP contribution is 2.19. The molecule has 1 unspecified atom stereocenters. The Bertz CT molecular complexity index is 435. The molecular formula is C12H14N2O4. The first kappa shape index (κ1) is 12.2. The summed E-state index contributed by atoms with van der Waals surface area (Å²) in [4.78, 5) is 23.8. The van der Waals surface area contributed by atoms with Crippen molar-refractivity contribution in [2.24, 2.45) is 0 Å². The molecule has 0 spiro atoms. The second kappa shape index (κ2) is 5.39. The van der Waals surface area contributed by atoms with E-state index in [2.05, 4.69) is 10.1 Å². The number of carbonyl (C=O) groups is 2. The van der Waals surface area contributed by atoms with Crippen molar-refractivity contribution in [3.8, 4) is 0 Å². The van der Waals surface area contributed by atoms with Crippen molar-refractivity contribution in [1.82, 2.24) is 4.90 Å².